The van der Waals surface area contributed by atoms with Crippen molar-refractivity contribution >= 4 is 44.2 Å². The van der Waals surface area contributed by atoms with E-state index in [-0.39, 0.29) is 37.1 Å². The summed E-state index contributed by atoms with van der Waals surface area (Å²) in [5, 5.41) is 21.0. The van der Waals surface area contributed by atoms with Gasteiger partial charge in [0, 0.05) is 5.39 Å². The smallest absolute Gasteiger partial charge is 0.278 e. The Kier molecular flexibility index (Phi) is 2.59. The maximum absolute atomic E-state index is 11.9. The van der Waals surface area contributed by atoms with Crippen molar-refractivity contribution in [2.45, 2.75) is 0 Å². The number of rotatable bonds is 1. The van der Waals surface area contributed by atoms with Gasteiger partial charge in [-0.15, -0.1) is 5.06 Å². The van der Waals surface area contributed by atoms with E-state index in [9.17, 15) is 24.9 Å². The van der Waals surface area contributed by atoms with Gasteiger partial charge in [-0.3, -0.25) is 24.9 Å². The fourth-order valence-corrected chi connectivity index (χ4v) is 2.88. The standard InChI is InChI=1S/C12H5BrN2O5/c13-8-4-7-9-5(10(8)15(19)20)2-1-3-6(9)11(16)14(18)12(7)17/h1-4,18H. The average Bonchev–Trinajstić information content (AvgIpc) is 2.41. The molecule has 100 valence electrons. The predicted molar refractivity (Wildman–Crippen MR) is 70.6 cm³/mol. The quantitative estimate of drug-likeness (QED) is 0.373. The summed E-state index contributed by atoms with van der Waals surface area (Å²) in [7, 11) is 0. The number of halogens is 1. The summed E-state index contributed by atoms with van der Waals surface area (Å²) in [5.41, 5.74) is -0.136. The molecule has 20 heavy (non-hydrogen) atoms. The minimum atomic E-state index is -0.908. The van der Waals surface area contributed by atoms with E-state index in [0.717, 1.165) is 0 Å². The van der Waals surface area contributed by atoms with Crippen molar-refractivity contribution in [1.29, 1.82) is 0 Å². The minimum absolute atomic E-state index is 0.00931. The van der Waals surface area contributed by atoms with Crippen molar-refractivity contribution in [2.24, 2.45) is 0 Å². The molecule has 2 aromatic rings. The highest BCUT2D eigenvalue weighted by atomic mass is 79.9. The second-order valence-electron chi connectivity index (χ2n) is 4.16. The van der Waals surface area contributed by atoms with Gasteiger partial charge in [0.2, 0.25) is 0 Å². The third-order valence-corrected chi connectivity index (χ3v) is 3.72. The van der Waals surface area contributed by atoms with E-state index >= 15 is 0 Å². The fraction of sp³-hybridized carbons (Fsp3) is 0. The lowest BCUT2D eigenvalue weighted by atomic mass is 9.94. The summed E-state index contributed by atoms with van der Waals surface area (Å²) in [5.74, 6) is -1.81. The molecule has 0 bridgehead atoms. The number of hydrogen-bond acceptors (Lipinski definition) is 5. The number of amides is 2. The first-order valence-corrected chi connectivity index (χ1v) is 6.20. The van der Waals surface area contributed by atoms with E-state index in [1.165, 1.54) is 24.3 Å². The number of benzene rings is 2. The van der Waals surface area contributed by atoms with E-state index in [2.05, 4.69) is 15.9 Å². The normalized spacial score (nSPS) is 14.0. The molecule has 0 saturated heterocycles. The maximum atomic E-state index is 11.9. The van der Waals surface area contributed by atoms with Gasteiger partial charge < -0.3 is 0 Å². The Morgan fingerprint density at radius 1 is 1.20 bits per heavy atom. The molecule has 0 atom stereocenters. The molecule has 2 amide bonds. The topological polar surface area (TPSA) is 101 Å². The molecular formula is C12H5BrN2O5. The van der Waals surface area contributed by atoms with Crippen LogP contribution in [-0.2, 0) is 0 Å². The molecule has 0 aliphatic carbocycles. The molecule has 1 heterocycles. The van der Waals surface area contributed by atoms with Gasteiger partial charge >= 0.3 is 0 Å². The number of nitro groups is 1. The Morgan fingerprint density at radius 3 is 2.50 bits per heavy atom. The number of hydroxylamine groups is 2. The maximum Gasteiger partial charge on any atom is 0.291 e. The average molecular weight is 337 g/mol. The first-order valence-electron chi connectivity index (χ1n) is 5.40. The van der Waals surface area contributed by atoms with Gasteiger partial charge in [-0.25, -0.2) is 0 Å². The first kappa shape index (κ1) is 12.7. The Morgan fingerprint density at radius 2 is 1.85 bits per heavy atom. The van der Waals surface area contributed by atoms with Crippen LogP contribution in [0.5, 0.6) is 0 Å². The zero-order valence-electron chi connectivity index (χ0n) is 9.66. The highest BCUT2D eigenvalue weighted by molar-refractivity contribution is 9.10. The molecule has 1 aliphatic heterocycles. The van der Waals surface area contributed by atoms with Crippen LogP contribution in [-0.4, -0.2) is 27.0 Å². The highest BCUT2D eigenvalue weighted by Crippen LogP contribution is 2.39. The summed E-state index contributed by atoms with van der Waals surface area (Å²) in [6, 6.07) is 5.56. The van der Waals surface area contributed by atoms with E-state index in [4.69, 9.17) is 0 Å². The summed E-state index contributed by atoms with van der Waals surface area (Å²) < 4.78 is 0.109. The van der Waals surface area contributed by atoms with Gasteiger partial charge in [-0.05, 0) is 34.1 Å². The molecule has 8 heteroatoms. The lowest BCUT2D eigenvalue weighted by Gasteiger charge is -2.21. The largest absolute Gasteiger partial charge is 0.291 e. The van der Waals surface area contributed by atoms with E-state index < -0.39 is 16.7 Å². The summed E-state index contributed by atoms with van der Waals surface area (Å²) in [4.78, 5) is 34.3. The van der Waals surface area contributed by atoms with Crippen LogP contribution in [0.25, 0.3) is 10.8 Å². The van der Waals surface area contributed by atoms with Crippen molar-refractivity contribution in [3.63, 3.8) is 0 Å². The van der Waals surface area contributed by atoms with Crippen LogP contribution in [0.15, 0.2) is 28.7 Å². The second kappa shape index (κ2) is 4.09. The van der Waals surface area contributed by atoms with Crippen LogP contribution in [0.1, 0.15) is 20.7 Å². The molecular weight excluding hydrogens is 332 g/mol. The van der Waals surface area contributed by atoms with Crippen molar-refractivity contribution in [1.82, 2.24) is 5.06 Å². The lowest BCUT2D eigenvalue weighted by Crippen LogP contribution is -2.37. The molecule has 3 rings (SSSR count). The van der Waals surface area contributed by atoms with Crippen LogP contribution in [0.3, 0.4) is 0 Å². The van der Waals surface area contributed by atoms with Crippen LogP contribution in [0, 0.1) is 10.1 Å². The number of imide groups is 1. The van der Waals surface area contributed by atoms with Crippen LogP contribution < -0.4 is 0 Å². The molecule has 0 spiro atoms. The van der Waals surface area contributed by atoms with E-state index in [1.807, 2.05) is 0 Å². The molecule has 0 aromatic heterocycles. The monoisotopic (exact) mass is 336 g/mol. The Bertz CT molecular complexity index is 817. The molecule has 1 N–H and O–H groups in total. The van der Waals surface area contributed by atoms with Gasteiger partial charge in [-0.2, -0.15) is 0 Å². The van der Waals surface area contributed by atoms with Gasteiger partial charge in [0.1, 0.15) is 0 Å². The zero-order valence-corrected chi connectivity index (χ0v) is 11.2. The summed E-state index contributed by atoms with van der Waals surface area (Å²) in [6.45, 7) is 0. The number of nitro benzene ring substituents is 1. The molecule has 1 aliphatic rings. The van der Waals surface area contributed by atoms with Gasteiger partial charge in [0.05, 0.1) is 25.9 Å². The predicted octanol–water partition coefficient (Wildman–Crippen LogP) is 2.50. The Hall–Kier alpha value is -2.32. The third kappa shape index (κ3) is 1.49. The van der Waals surface area contributed by atoms with Crippen molar-refractivity contribution in [3.05, 3.63) is 50.0 Å². The molecule has 7 nitrogen and oxygen atoms in total. The van der Waals surface area contributed by atoms with E-state index in [0.29, 0.717) is 0 Å². The zero-order chi connectivity index (χ0) is 14.6. The van der Waals surface area contributed by atoms with Crippen LogP contribution >= 0.6 is 15.9 Å². The summed E-state index contributed by atoms with van der Waals surface area (Å²) >= 11 is 3.04. The van der Waals surface area contributed by atoms with Crippen LogP contribution in [0.2, 0.25) is 0 Å². The summed E-state index contributed by atoms with van der Waals surface area (Å²) in [6.07, 6.45) is 0. The molecule has 0 radical (unpaired) electrons. The second-order valence-corrected chi connectivity index (χ2v) is 5.02. The minimum Gasteiger partial charge on any atom is -0.278 e. The number of hydrogen-bond donors (Lipinski definition) is 1. The molecule has 0 saturated carbocycles. The SMILES string of the molecule is O=C1c2cccc3c([N+](=O)[O-])c(Br)cc(c23)C(=O)N1O. The van der Waals surface area contributed by atoms with Crippen molar-refractivity contribution in [3.8, 4) is 0 Å². The first-order chi connectivity index (χ1) is 9.43. The Balaban J connectivity index is 2.56. The highest BCUT2D eigenvalue weighted by Gasteiger charge is 2.35. The molecule has 0 fully saturated rings. The number of nitrogens with zero attached hydrogens (tertiary/aromatic N) is 2. The molecule has 0 unspecified atom stereocenters. The lowest BCUT2D eigenvalue weighted by molar-refractivity contribution is -0.383. The van der Waals surface area contributed by atoms with Gasteiger partial charge in [0.25, 0.3) is 17.5 Å². The number of carbonyl (C=O) groups excluding carboxylic acids is 2. The van der Waals surface area contributed by atoms with Gasteiger partial charge in [-0.1, -0.05) is 6.07 Å². The third-order valence-electron chi connectivity index (χ3n) is 3.11. The van der Waals surface area contributed by atoms with Crippen LogP contribution in [0.4, 0.5) is 5.69 Å². The van der Waals surface area contributed by atoms with Gasteiger partial charge in [0.15, 0.2) is 0 Å². The van der Waals surface area contributed by atoms with Crippen molar-refractivity contribution in [2.75, 3.05) is 0 Å². The number of carbonyl (C=O) groups is 2. The Labute approximate surface area is 119 Å². The van der Waals surface area contributed by atoms with E-state index in [1.54, 1.807) is 0 Å². The fourth-order valence-electron chi connectivity index (χ4n) is 2.29. The molecule has 2 aromatic carbocycles. The van der Waals surface area contributed by atoms with Crippen molar-refractivity contribution < 1.29 is 19.7 Å².